The van der Waals surface area contributed by atoms with E-state index in [1.165, 1.54) is 6.33 Å². The van der Waals surface area contributed by atoms with Gasteiger partial charge in [0.15, 0.2) is 5.78 Å². The summed E-state index contributed by atoms with van der Waals surface area (Å²) >= 11 is 0. The number of H-pyrrole nitrogens is 1. The molecule has 0 saturated carbocycles. The summed E-state index contributed by atoms with van der Waals surface area (Å²) in [6.07, 6.45) is 6.08. The predicted molar refractivity (Wildman–Crippen MR) is 115 cm³/mol. The van der Waals surface area contributed by atoms with Crippen LogP contribution in [0.4, 0.5) is 5.82 Å². The molecule has 0 spiro atoms. The normalized spacial score (nSPS) is 18.7. The van der Waals surface area contributed by atoms with Crippen LogP contribution in [0.3, 0.4) is 0 Å². The molecular formula is C22H28N6O2. The van der Waals surface area contributed by atoms with Gasteiger partial charge in [-0.25, -0.2) is 9.97 Å². The summed E-state index contributed by atoms with van der Waals surface area (Å²) in [5, 5.41) is 9.80. The smallest absolute Gasteiger partial charge is 0.236 e. The van der Waals surface area contributed by atoms with E-state index >= 15 is 0 Å². The van der Waals surface area contributed by atoms with Gasteiger partial charge in [0.25, 0.3) is 0 Å². The number of anilines is 1. The molecule has 30 heavy (non-hydrogen) atoms. The molecule has 1 N–H and O–H groups in total. The molecule has 0 bridgehead atoms. The number of carbonyl (C=O) groups is 2. The average molecular weight is 409 g/mol. The highest BCUT2D eigenvalue weighted by Gasteiger charge is 2.34. The van der Waals surface area contributed by atoms with Crippen LogP contribution in [0.5, 0.6) is 0 Å². The molecule has 2 atom stereocenters. The lowest BCUT2D eigenvalue weighted by atomic mass is 9.91. The summed E-state index contributed by atoms with van der Waals surface area (Å²) in [7, 11) is 0. The van der Waals surface area contributed by atoms with Crippen molar-refractivity contribution in [2.75, 3.05) is 24.5 Å². The van der Waals surface area contributed by atoms with Crippen molar-refractivity contribution in [3.05, 3.63) is 30.2 Å². The molecule has 8 heteroatoms. The Hall–Kier alpha value is -3.21. The van der Waals surface area contributed by atoms with Crippen LogP contribution in [0.25, 0.3) is 11.0 Å². The van der Waals surface area contributed by atoms with E-state index in [1.54, 1.807) is 11.0 Å². The van der Waals surface area contributed by atoms with Crippen LogP contribution >= 0.6 is 0 Å². The zero-order chi connectivity index (χ0) is 21.7. The third-order valence-corrected chi connectivity index (χ3v) is 5.56. The number of piperidine rings is 1. The molecule has 1 aliphatic heterocycles. The molecule has 1 amide bonds. The third-order valence-electron chi connectivity index (χ3n) is 5.56. The van der Waals surface area contributed by atoms with E-state index in [4.69, 9.17) is 5.26 Å². The zero-order valence-electron chi connectivity index (χ0n) is 17.8. The molecule has 0 aromatic carbocycles. The second-order valence-electron chi connectivity index (χ2n) is 8.08. The fourth-order valence-electron chi connectivity index (χ4n) is 4.00. The first-order chi connectivity index (χ1) is 14.4. The number of hydrogen-bond donors (Lipinski definition) is 1. The maximum absolute atomic E-state index is 12.4. The van der Waals surface area contributed by atoms with Crippen molar-refractivity contribution in [1.82, 2.24) is 19.9 Å². The number of aromatic amines is 1. The Morgan fingerprint density at radius 1 is 1.40 bits per heavy atom. The Morgan fingerprint density at radius 3 is 2.93 bits per heavy atom. The summed E-state index contributed by atoms with van der Waals surface area (Å²) in [6.45, 7) is 7.63. The Balaban J connectivity index is 1.93. The maximum Gasteiger partial charge on any atom is 0.236 e. The van der Waals surface area contributed by atoms with E-state index < -0.39 is 0 Å². The minimum absolute atomic E-state index is 0.00565. The molecule has 158 valence electrons. The number of fused-ring (bicyclic) bond motifs is 1. The highest BCUT2D eigenvalue weighted by Crippen LogP contribution is 2.30. The lowest BCUT2D eigenvalue weighted by Crippen LogP contribution is -2.54. The highest BCUT2D eigenvalue weighted by molar-refractivity contribution is 5.91. The summed E-state index contributed by atoms with van der Waals surface area (Å²) < 4.78 is 0. The number of likely N-dealkylation sites (tertiary alicyclic amines) is 1. The second-order valence-corrected chi connectivity index (χ2v) is 8.08. The molecule has 3 rings (SSSR count). The Kier molecular flexibility index (Phi) is 6.83. The van der Waals surface area contributed by atoms with Crippen molar-refractivity contribution in [1.29, 1.82) is 5.26 Å². The van der Waals surface area contributed by atoms with Crippen LogP contribution in [0, 0.1) is 17.2 Å². The minimum atomic E-state index is -0.149. The molecule has 2 aromatic heterocycles. The van der Waals surface area contributed by atoms with Gasteiger partial charge in [-0.2, -0.15) is 5.26 Å². The maximum atomic E-state index is 12.4. The molecule has 0 aliphatic carbocycles. The Morgan fingerprint density at radius 2 is 2.20 bits per heavy atom. The SMILES string of the molecule is CC(C)=CC(=O)CCN(c1ncnc2[nH]ccc12)[C@H]1CN(C(=O)CC#N)CC[C@H]1C. The molecule has 1 saturated heterocycles. The fourth-order valence-corrected chi connectivity index (χ4v) is 4.00. The van der Waals surface area contributed by atoms with Gasteiger partial charge in [0.05, 0.1) is 17.5 Å². The highest BCUT2D eigenvalue weighted by atomic mass is 16.2. The van der Waals surface area contributed by atoms with Gasteiger partial charge in [-0.15, -0.1) is 0 Å². The number of allylic oxidation sites excluding steroid dienone is 2. The first-order valence-electron chi connectivity index (χ1n) is 10.3. The first-order valence-corrected chi connectivity index (χ1v) is 10.3. The van der Waals surface area contributed by atoms with Gasteiger partial charge in [0, 0.05) is 32.3 Å². The Bertz CT molecular complexity index is 985. The number of hydrogen-bond acceptors (Lipinski definition) is 6. The van der Waals surface area contributed by atoms with E-state index in [2.05, 4.69) is 26.8 Å². The van der Waals surface area contributed by atoms with E-state index in [0.717, 1.165) is 28.8 Å². The number of carbonyl (C=O) groups excluding carboxylic acids is 2. The number of nitrogens with one attached hydrogen (secondary N) is 1. The van der Waals surface area contributed by atoms with E-state index in [9.17, 15) is 9.59 Å². The third kappa shape index (κ3) is 4.85. The van der Waals surface area contributed by atoms with Crippen molar-refractivity contribution in [2.24, 2.45) is 5.92 Å². The predicted octanol–water partition coefficient (Wildman–Crippen LogP) is 2.84. The van der Waals surface area contributed by atoms with Crippen LogP contribution in [0.2, 0.25) is 0 Å². The number of amides is 1. The van der Waals surface area contributed by atoms with Crippen molar-refractivity contribution >= 4 is 28.5 Å². The fraction of sp³-hybridized carbons (Fsp3) is 0.500. The Labute approximate surface area is 176 Å². The standard InChI is InChI=1S/C22H28N6O2/c1-15(2)12-17(29)7-11-28(22-18-5-9-24-21(18)25-14-26-22)19-13-27(10-6-16(19)3)20(30)4-8-23/h5,9,12,14,16,19H,4,6-7,10-11,13H2,1-3H3,(H,24,25,26)/t16-,19+/m1/s1. The quantitative estimate of drug-likeness (QED) is 0.706. The topological polar surface area (TPSA) is 106 Å². The van der Waals surface area contributed by atoms with Gasteiger partial charge < -0.3 is 14.8 Å². The lowest BCUT2D eigenvalue weighted by molar-refractivity contribution is -0.131. The van der Waals surface area contributed by atoms with Gasteiger partial charge in [0.1, 0.15) is 24.2 Å². The largest absolute Gasteiger partial charge is 0.350 e. The van der Waals surface area contributed by atoms with E-state index in [1.807, 2.05) is 32.2 Å². The lowest BCUT2D eigenvalue weighted by Gasteiger charge is -2.43. The molecule has 8 nitrogen and oxygen atoms in total. The summed E-state index contributed by atoms with van der Waals surface area (Å²) in [5.41, 5.74) is 1.71. The van der Waals surface area contributed by atoms with Crippen LogP contribution < -0.4 is 4.90 Å². The van der Waals surface area contributed by atoms with E-state index in [-0.39, 0.29) is 24.2 Å². The monoisotopic (exact) mass is 408 g/mol. The van der Waals surface area contributed by atoms with Gasteiger partial charge in [-0.1, -0.05) is 12.5 Å². The second kappa shape index (κ2) is 9.53. The van der Waals surface area contributed by atoms with Crippen molar-refractivity contribution < 1.29 is 9.59 Å². The summed E-state index contributed by atoms with van der Waals surface area (Å²) in [5.74, 6) is 0.987. The van der Waals surface area contributed by atoms with Crippen molar-refractivity contribution in [3.63, 3.8) is 0 Å². The van der Waals surface area contributed by atoms with Crippen LogP contribution in [-0.4, -0.2) is 57.2 Å². The zero-order valence-corrected chi connectivity index (χ0v) is 17.8. The number of nitrogens with zero attached hydrogens (tertiary/aromatic N) is 5. The van der Waals surface area contributed by atoms with Crippen LogP contribution in [0.1, 0.15) is 40.0 Å². The van der Waals surface area contributed by atoms with Crippen molar-refractivity contribution in [2.45, 2.75) is 46.1 Å². The molecule has 1 fully saturated rings. The molecule has 0 unspecified atom stereocenters. The number of rotatable bonds is 7. The van der Waals surface area contributed by atoms with Crippen LogP contribution in [-0.2, 0) is 9.59 Å². The number of nitriles is 1. The number of aromatic nitrogens is 3. The molecule has 2 aromatic rings. The molecule has 1 aliphatic rings. The molecule has 3 heterocycles. The first kappa shape index (κ1) is 21.5. The van der Waals surface area contributed by atoms with Gasteiger partial charge >= 0.3 is 0 Å². The summed E-state index contributed by atoms with van der Waals surface area (Å²) in [6, 6.07) is 3.88. The number of ketones is 1. The minimum Gasteiger partial charge on any atom is -0.350 e. The average Bonchev–Trinajstić information content (AvgIpc) is 3.18. The van der Waals surface area contributed by atoms with Gasteiger partial charge in [-0.3, -0.25) is 9.59 Å². The van der Waals surface area contributed by atoms with Crippen LogP contribution in [0.15, 0.2) is 30.2 Å². The molecular weight excluding hydrogens is 380 g/mol. The van der Waals surface area contributed by atoms with Gasteiger partial charge in [0.2, 0.25) is 5.91 Å². The van der Waals surface area contributed by atoms with E-state index in [0.29, 0.717) is 32.0 Å². The van der Waals surface area contributed by atoms with Gasteiger partial charge in [-0.05, 0) is 38.3 Å². The molecule has 0 radical (unpaired) electrons. The van der Waals surface area contributed by atoms with Crippen molar-refractivity contribution in [3.8, 4) is 6.07 Å². The summed E-state index contributed by atoms with van der Waals surface area (Å²) in [4.78, 5) is 40.6.